The topological polar surface area (TPSA) is 51.8 Å². The molecule has 72 valence electrons. The van der Waals surface area contributed by atoms with Crippen molar-refractivity contribution in [3.05, 3.63) is 23.8 Å². The zero-order valence-electron chi connectivity index (χ0n) is 8.49. The SMILES string of the molecule is CCC(C)C(N)c1cnc(C)cn1. The molecule has 1 rings (SSSR count). The van der Waals surface area contributed by atoms with Crippen LogP contribution in [-0.2, 0) is 0 Å². The highest BCUT2D eigenvalue weighted by Gasteiger charge is 2.14. The van der Waals surface area contributed by atoms with E-state index in [1.807, 2.05) is 6.92 Å². The summed E-state index contributed by atoms with van der Waals surface area (Å²) in [6, 6.07) is 0.0121. The van der Waals surface area contributed by atoms with Crippen LogP contribution in [0, 0.1) is 12.8 Å². The molecular formula is C10H17N3. The van der Waals surface area contributed by atoms with Crippen LogP contribution in [0.2, 0.25) is 0 Å². The molecule has 1 aromatic rings. The van der Waals surface area contributed by atoms with E-state index < -0.39 is 0 Å². The van der Waals surface area contributed by atoms with E-state index in [9.17, 15) is 0 Å². The van der Waals surface area contributed by atoms with Gasteiger partial charge in [0.05, 0.1) is 23.6 Å². The van der Waals surface area contributed by atoms with Crippen LogP contribution in [-0.4, -0.2) is 9.97 Å². The van der Waals surface area contributed by atoms with E-state index in [-0.39, 0.29) is 6.04 Å². The molecule has 1 heterocycles. The third kappa shape index (κ3) is 2.49. The van der Waals surface area contributed by atoms with Crippen LogP contribution in [0.4, 0.5) is 0 Å². The van der Waals surface area contributed by atoms with Crippen molar-refractivity contribution in [1.29, 1.82) is 0 Å². The first-order valence-corrected chi connectivity index (χ1v) is 4.69. The number of aromatic nitrogens is 2. The Morgan fingerprint density at radius 3 is 2.54 bits per heavy atom. The van der Waals surface area contributed by atoms with E-state index in [1.165, 1.54) is 0 Å². The smallest absolute Gasteiger partial charge is 0.0756 e. The highest BCUT2D eigenvalue weighted by molar-refractivity contribution is 5.05. The standard InChI is InChI=1S/C10H17N3/c1-4-7(2)10(11)9-6-12-8(3)5-13-9/h5-7,10H,4,11H2,1-3H3. The predicted octanol–water partition coefficient (Wildman–Crippen LogP) is 1.83. The van der Waals surface area contributed by atoms with Crippen LogP contribution < -0.4 is 5.73 Å². The van der Waals surface area contributed by atoms with Gasteiger partial charge in [-0.25, -0.2) is 0 Å². The van der Waals surface area contributed by atoms with Gasteiger partial charge in [0, 0.05) is 6.20 Å². The third-order valence-corrected chi connectivity index (χ3v) is 2.40. The monoisotopic (exact) mass is 179 g/mol. The van der Waals surface area contributed by atoms with Crippen LogP contribution >= 0.6 is 0 Å². The fourth-order valence-electron chi connectivity index (χ4n) is 1.12. The van der Waals surface area contributed by atoms with Crippen molar-refractivity contribution in [2.75, 3.05) is 0 Å². The second-order valence-corrected chi connectivity index (χ2v) is 3.49. The Hall–Kier alpha value is -0.960. The molecule has 0 aliphatic heterocycles. The molecule has 3 nitrogen and oxygen atoms in total. The molecule has 0 spiro atoms. The molecular weight excluding hydrogens is 162 g/mol. The number of nitrogens with two attached hydrogens (primary N) is 1. The van der Waals surface area contributed by atoms with Crippen molar-refractivity contribution in [3.8, 4) is 0 Å². The van der Waals surface area contributed by atoms with Gasteiger partial charge in [0.25, 0.3) is 0 Å². The minimum atomic E-state index is 0.0121. The van der Waals surface area contributed by atoms with E-state index in [0.29, 0.717) is 5.92 Å². The highest BCUT2D eigenvalue weighted by atomic mass is 14.8. The number of hydrogen-bond donors (Lipinski definition) is 1. The van der Waals surface area contributed by atoms with Crippen LogP contribution in [0.25, 0.3) is 0 Å². The van der Waals surface area contributed by atoms with Gasteiger partial charge in [-0.05, 0) is 12.8 Å². The molecule has 0 aromatic carbocycles. The summed E-state index contributed by atoms with van der Waals surface area (Å²) in [6.45, 7) is 6.18. The zero-order valence-corrected chi connectivity index (χ0v) is 8.49. The van der Waals surface area contributed by atoms with Crippen molar-refractivity contribution in [1.82, 2.24) is 9.97 Å². The zero-order chi connectivity index (χ0) is 9.84. The molecule has 2 atom stereocenters. The lowest BCUT2D eigenvalue weighted by atomic mass is 9.98. The molecule has 0 radical (unpaired) electrons. The second-order valence-electron chi connectivity index (χ2n) is 3.49. The summed E-state index contributed by atoms with van der Waals surface area (Å²) in [5, 5.41) is 0. The lowest BCUT2D eigenvalue weighted by molar-refractivity contribution is 0.447. The summed E-state index contributed by atoms with van der Waals surface area (Å²) in [5.74, 6) is 0.456. The van der Waals surface area contributed by atoms with E-state index in [0.717, 1.165) is 17.8 Å². The normalized spacial score (nSPS) is 15.4. The first-order valence-electron chi connectivity index (χ1n) is 4.69. The molecule has 0 aliphatic rings. The van der Waals surface area contributed by atoms with Gasteiger partial charge in [0.2, 0.25) is 0 Å². The van der Waals surface area contributed by atoms with Crippen LogP contribution in [0.3, 0.4) is 0 Å². The molecule has 0 bridgehead atoms. The Bertz CT molecular complexity index is 255. The van der Waals surface area contributed by atoms with Gasteiger partial charge >= 0.3 is 0 Å². The van der Waals surface area contributed by atoms with Gasteiger partial charge in [-0.1, -0.05) is 20.3 Å². The van der Waals surface area contributed by atoms with Crippen molar-refractivity contribution in [3.63, 3.8) is 0 Å². The summed E-state index contributed by atoms with van der Waals surface area (Å²) in [7, 11) is 0. The number of aryl methyl sites for hydroxylation is 1. The Morgan fingerprint density at radius 1 is 1.38 bits per heavy atom. The average Bonchev–Trinajstić information content (AvgIpc) is 2.17. The first kappa shape index (κ1) is 10.1. The summed E-state index contributed by atoms with van der Waals surface area (Å²) in [4.78, 5) is 8.43. The summed E-state index contributed by atoms with van der Waals surface area (Å²) in [6.07, 6.45) is 4.60. The first-order chi connectivity index (χ1) is 6.15. The Balaban J connectivity index is 2.77. The van der Waals surface area contributed by atoms with Gasteiger partial charge in [-0.3, -0.25) is 9.97 Å². The van der Waals surface area contributed by atoms with Crippen LogP contribution in [0.15, 0.2) is 12.4 Å². The number of hydrogen-bond acceptors (Lipinski definition) is 3. The minimum absolute atomic E-state index is 0.0121. The molecule has 0 fully saturated rings. The largest absolute Gasteiger partial charge is 0.322 e. The third-order valence-electron chi connectivity index (χ3n) is 2.40. The fraction of sp³-hybridized carbons (Fsp3) is 0.600. The number of rotatable bonds is 3. The second kappa shape index (κ2) is 4.33. The molecule has 0 saturated carbocycles. The van der Waals surface area contributed by atoms with Crippen molar-refractivity contribution in [2.45, 2.75) is 33.2 Å². The van der Waals surface area contributed by atoms with E-state index in [4.69, 9.17) is 5.73 Å². The van der Waals surface area contributed by atoms with Gasteiger partial charge < -0.3 is 5.73 Å². The highest BCUT2D eigenvalue weighted by Crippen LogP contribution is 2.18. The maximum absolute atomic E-state index is 6.00. The van der Waals surface area contributed by atoms with E-state index in [1.54, 1.807) is 12.4 Å². The van der Waals surface area contributed by atoms with Gasteiger partial charge in [0.15, 0.2) is 0 Å². The fourth-order valence-corrected chi connectivity index (χ4v) is 1.12. The molecule has 3 heteroatoms. The maximum Gasteiger partial charge on any atom is 0.0756 e. The molecule has 0 amide bonds. The van der Waals surface area contributed by atoms with E-state index in [2.05, 4.69) is 23.8 Å². The predicted molar refractivity (Wildman–Crippen MR) is 53.2 cm³/mol. The summed E-state index contributed by atoms with van der Waals surface area (Å²) >= 11 is 0. The molecule has 13 heavy (non-hydrogen) atoms. The van der Waals surface area contributed by atoms with Crippen LogP contribution in [0.5, 0.6) is 0 Å². The maximum atomic E-state index is 6.00. The average molecular weight is 179 g/mol. The van der Waals surface area contributed by atoms with Gasteiger partial charge in [0.1, 0.15) is 0 Å². The summed E-state index contributed by atoms with van der Waals surface area (Å²) < 4.78 is 0. The van der Waals surface area contributed by atoms with E-state index >= 15 is 0 Å². The Morgan fingerprint density at radius 2 is 2.08 bits per heavy atom. The molecule has 2 N–H and O–H groups in total. The number of nitrogens with zero attached hydrogens (tertiary/aromatic N) is 2. The molecule has 2 unspecified atom stereocenters. The lowest BCUT2D eigenvalue weighted by Gasteiger charge is -2.16. The van der Waals surface area contributed by atoms with Crippen molar-refractivity contribution in [2.24, 2.45) is 11.7 Å². The van der Waals surface area contributed by atoms with Gasteiger partial charge in [-0.15, -0.1) is 0 Å². The van der Waals surface area contributed by atoms with Crippen molar-refractivity contribution < 1.29 is 0 Å². The minimum Gasteiger partial charge on any atom is -0.322 e. The van der Waals surface area contributed by atoms with Gasteiger partial charge in [-0.2, -0.15) is 0 Å². The Kier molecular flexibility index (Phi) is 3.37. The Labute approximate surface area is 79.4 Å². The molecule has 1 aromatic heterocycles. The van der Waals surface area contributed by atoms with Crippen LogP contribution in [0.1, 0.15) is 37.7 Å². The quantitative estimate of drug-likeness (QED) is 0.770. The summed E-state index contributed by atoms with van der Waals surface area (Å²) in [5.41, 5.74) is 7.82. The lowest BCUT2D eigenvalue weighted by Crippen LogP contribution is -2.20. The van der Waals surface area contributed by atoms with Crippen molar-refractivity contribution >= 4 is 0 Å². The molecule has 0 aliphatic carbocycles. The molecule has 0 saturated heterocycles.